The quantitative estimate of drug-likeness (QED) is 0.925. The number of carboxylic acid groups (broad SMARTS) is 1. The topological polar surface area (TPSA) is 69.6 Å². The minimum atomic E-state index is -0.936. The summed E-state index contributed by atoms with van der Waals surface area (Å²) in [6.45, 7) is 4.02. The van der Waals surface area contributed by atoms with Crippen molar-refractivity contribution in [3.05, 3.63) is 52.8 Å². The number of benzene rings is 1. The number of nitrogens with zero attached hydrogens (tertiary/aromatic N) is 4. The Hall–Kier alpha value is -2.18. The average molecular weight is 333 g/mol. The summed E-state index contributed by atoms with van der Waals surface area (Å²) in [7, 11) is 0. The van der Waals surface area contributed by atoms with Gasteiger partial charge in [-0.3, -0.25) is 4.90 Å². The van der Waals surface area contributed by atoms with Crippen LogP contribution in [0.4, 0.5) is 5.95 Å². The van der Waals surface area contributed by atoms with Gasteiger partial charge < -0.3 is 10.0 Å². The molecule has 3 rings (SSSR count). The molecule has 1 N–H and O–H groups in total. The van der Waals surface area contributed by atoms with Gasteiger partial charge in [0, 0.05) is 50.1 Å². The van der Waals surface area contributed by atoms with Gasteiger partial charge in [0.25, 0.3) is 0 Å². The normalized spacial score (nSPS) is 15.6. The van der Waals surface area contributed by atoms with E-state index in [2.05, 4.69) is 19.8 Å². The van der Waals surface area contributed by atoms with Crippen molar-refractivity contribution in [3.63, 3.8) is 0 Å². The van der Waals surface area contributed by atoms with Crippen LogP contribution in [0, 0.1) is 0 Å². The first-order valence-electron chi connectivity index (χ1n) is 7.39. The summed E-state index contributed by atoms with van der Waals surface area (Å²) in [6, 6.07) is 6.63. The van der Waals surface area contributed by atoms with Crippen LogP contribution in [0.3, 0.4) is 0 Å². The predicted octanol–water partition coefficient (Wildman–Crippen LogP) is 2.15. The zero-order valence-electron chi connectivity index (χ0n) is 12.5. The molecule has 0 spiro atoms. The van der Waals surface area contributed by atoms with E-state index in [1.165, 1.54) is 6.07 Å². The monoisotopic (exact) mass is 332 g/mol. The highest BCUT2D eigenvalue weighted by Gasteiger charge is 2.19. The Morgan fingerprint density at radius 3 is 2.52 bits per heavy atom. The highest BCUT2D eigenvalue weighted by atomic mass is 35.5. The van der Waals surface area contributed by atoms with E-state index in [4.69, 9.17) is 16.7 Å². The van der Waals surface area contributed by atoms with Crippen LogP contribution >= 0.6 is 11.6 Å². The molecular weight excluding hydrogens is 316 g/mol. The van der Waals surface area contributed by atoms with Gasteiger partial charge in [-0.2, -0.15) is 0 Å². The SMILES string of the molecule is O=C(O)c1ccc(Cl)c(CN2CCN(c3ncccn3)CC2)c1. The number of aromatic nitrogens is 2. The van der Waals surface area contributed by atoms with Crippen LogP contribution < -0.4 is 4.90 Å². The second-order valence-electron chi connectivity index (χ2n) is 5.42. The maximum absolute atomic E-state index is 11.1. The third kappa shape index (κ3) is 3.78. The average Bonchev–Trinajstić information content (AvgIpc) is 2.58. The largest absolute Gasteiger partial charge is 0.478 e. The third-order valence-corrected chi connectivity index (χ3v) is 4.26. The van der Waals surface area contributed by atoms with Crippen LogP contribution in [-0.4, -0.2) is 52.1 Å². The van der Waals surface area contributed by atoms with Crippen LogP contribution in [0.2, 0.25) is 5.02 Å². The van der Waals surface area contributed by atoms with Crippen LogP contribution in [0.1, 0.15) is 15.9 Å². The Bertz CT molecular complexity index is 688. The summed E-state index contributed by atoms with van der Waals surface area (Å²) in [4.78, 5) is 24.0. The summed E-state index contributed by atoms with van der Waals surface area (Å²) >= 11 is 6.19. The molecule has 6 nitrogen and oxygen atoms in total. The van der Waals surface area contributed by atoms with Gasteiger partial charge in [0.2, 0.25) is 5.95 Å². The Labute approximate surface area is 139 Å². The standard InChI is InChI=1S/C16H17ClN4O2/c17-14-3-2-12(15(22)23)10-13(14)11-20-6-8-21(9-7-20)16-18-4-1-5-19-16/h1-5,10H,6-9,11H2,(H,22,23). The minimum absolute atomic E-state index is 0.265. The van der Waals surface area contributed by atoms with E-state index < -0.39 is 5.97 Å². The summed E-state index contributed by atoms with van der Waals surface area (Å²) in [6.07, 6.45) is 3.48. The lowest BCUT2D eigenvalue weighted by atomic mass is 10.1. The van der Waals surface area contributed by atoms with Gasteiger partial charge in [-0.05, 0) is 29.8 Å². The van der Waals surface area contributed by atoms with Crippen molar-refractivity contribution in [3.8, 4) is 0 Å². The number of carboxylic acids is 1. The Kier molecular flexibility index (Phi) is 4.73. The van der Waals surface area contributed by atoms with Crippen molar-refractivity contribution in [1.82, 2.24) is 14.9 Å². The molecule has 2 aromatic rings. The summed E-state index contributed by atoms with van der Waals surface area (Å²) in [5.41, 5.74) is 1.11. The molecule has 0 aliphatic carbocycles. The van der Waals surface area contributed by atoms with Gasteiger partial charge in [0.05, 0.1) is 5.56 Å². The van der Waals surface area contributed by atoms with Gasteiger partial charge in [0.1, 0.15) is 0 Å². The highest BCUT2D eigenvalue weighted by molar-refractivity contribution is 6.31. The molecule has 0 saturated carbocycles. The van der Waals surface area contributed by atoms with E-state index >= 15 is 0 Å². The van der Waals surface area contributed by atoms with Crippen LogP contribution in [0.5, 0.6) is 0 Å². The van der Waals surface area contributed by atoms with Crippen molar-refractivity contribution >= 4 is 23.5 Å². The first-order valence-corrected chi connectivity index (χ1v) is 7.77. The maximum Gasteiger partial charge on any atom is 0.335 e. The predicted molar refractivity (Wildman–Crippen MR) is 87.9 cm³/mol. The lowest BCUT2D eigenvalue weighted by Gasteiger charge is -2.34. The molecule has 1 aromatic carbocycles. The van der Waals surface area contributed by atoms with E-state index in [9.17, 15) is 4.79 Å². The number of hydrogen-bond donors (Lipinski definition) is 1. The second-order valence-corrected chi connectivity index (χ2v) is 5.83. The van der Waals surface area contributed by atoms with Crippen LogP contribution in [-0.2, 0) is 6.54 Å². The van der Waals surface area contributed by atoms with E-state index in [1.807, 2.05) is 0 Å². The summed E-state index contributed by atoms with van der Waals surface area (Å²) in [5, 5.41) is 9.69. The van der Waals surface area contributed by atoms with Gasteiger partial charge in [-0.15, -0.1) is 0 Å². The number of rotatable bonds is 4. The van der Waals surface area contributed by atoms with Crippen molar-refractivity contribution in [2.24, 2.45) is 0 Å². The van der Waals surface area contributed by atoms with Crippen LogP contribution in [0.25, 0.3) is 0 Å². The first-order chi connectivity index (χ1) is 11.1. The molecule has 1 aromatic heterocycles. The molecule has 1 aliphatic heterocycles. The van der Waals surface area contributed by atoms with E-state index in [-0.39, 0.29) is 5.56 Å². The molecule has 2 heterocycles. The van der Waals surface area contributed by atoms with Crippen LogP contribution in [0.15, 0.2) is 36.7 Å². The number of piperazine rings is 1. The van der Waals surface area contributed by atoms with Crippen molar-refractivity contribution < 1.29 is 9.90 Å². The molecule has 7 heteroatoms. The summed E-state index contributed by atoms with van der Waals surface area (Å²) < 4.78 is 0. The number of aromatic carboxylic acids is 1. The molecule has 0 unspecified atom stereocenters. The molecule has 1 aliphatic rings. The molecule has 1 saturated heterocycles. The van der Waals surface area contributed by atoms with Gasteiger partial charge in [-0.25, -0.2) is 14.8 Å². The fourth-order valence-corrected chi connectivity index (χ4v) is 2.81. The minimum Gasteiger partial charge on any atom is -0.478 e. The molecule has 0 atom stereocenters. The van der Waals surface area contributed by atoms with Gasteiger partial charge in [0.15, 0.2) is 0 Å². The fraction of sp³-hybridized carbons (Fsp3) is 0.312. The number of anilines is 1. The van der Waals surface area contributed by atoms with Crippen molar-refractivity contribution in [2.75, 3.05) is 31.1 Å². The zero-order chi connectivity index (χ0) is 16.2. The summed E-state index contributed by atoms with van der Waals surface area (Å²) in [5.74, 6) is -0.188. The fourth-order valence-electron chi connectivity index (χ4n) is 2.63. The van der Waals surface area contributed by atoms with E-state index in [1.54, 1.807) is 30.6 Å². The molecule has 0 radical (unpaired) electrons. The van der Waals surface area contributed by atoms with Gasteiger partial charge in [-0.1, -0.05) is 11.6 Å². The molecule has 0 bridgehead atoms. The Balaban J connectivity index is 1.63. The number of carbonyl (C=O) groups is 1. The molecule has 0 amide bonds. The lowest BCUT2D eigenvalue weighted by molar-refractivity contribution is 0.0696. The van der Waals surface area contributed by atoms with E-state index in [0.29, 0.717) is 11.6 Å². The molecule has 1 fully saturated rings. The highest BCUT2D eigenvalue weighted by Crippen LogP contribution is 2.21. The number of halogens is 1. The smallest absolute Gasteiger partial charge is 0.335 e. The molecule has 23 heavy (non-hydrogen) atoms. The van der Waals surface area contributed by atoms with Gasteiger partial charge >= 0.3 is 5.97 Å². The molecule has 120 valence electrons. The molecular formula is C16H17ClN4O2. The van der Waals surface area contributed by atoms with Crippen molar-refractivity contribution in [2.45, 2.75) is 6.54 Å². The van der Waals surface area contributed by atoms with E-state index in [0.717, 1.165) is 37.7 Å². The third-order valence-electron chi connectivity index (χ3n) is 3.89. The Morgan fingerprint density at radius 2 is 1.87 bits per heavy atom. The van der Waals surface area contributed by atoms with Crippen molar-refractivity contribution in [1.29, 1.82) is 0 Å². The second kappa shape index (κ2) is 6.93. The Morgan fingerprint density at radius 1 is 1.17 bits per heavy atom. The zero-order valence-corrected chi connectivity index (χ0v) is 13.3. The number of hydrogen-bond acceptors (Lipinski definition) is 5. The maximum atomic E-state index is 11.1. The first kappa shape index (κ1) is 15.7. The lowest BCUT2D eigenvalue weighted by Crippen LogP contribution is -2.46.